The molecule has 0 atom stereocenters. The van der Waals surface area contributed by atoms with E-state index in [4.69, 9.17) is 15.4 Å². The molecule has 8 nitrogen and oxygen atoms in total. The highest BCUT2D eigenvalue weighted by Gasteiger charge is 2.42. The molecule has 48 heavy (non-hydrogen) atoms. The molecule has 0 amide bonds. The zero-order valence-electron chi connectivity index (χ0n) is 26.6. The molecule has 0 radical (unpaired) electrons. The van der Waals surface area contributed by atoms with E-state index in [0.717, 1.165) is 57.7 Å². The fraction of sp³-hybridized carbons (Fsp3) is 0.125. The maximum Gasteiger partial charge on any atom is 0.184 e. The average molecular weight is 627 g/mol. The highest BCUT2D eigenvalue weighted by Crippen LogP contribution is 2.43. The quantitative estimate of drug-likeness (QED) is 0.146. The van der Waals surface area contributed by atoms with E-state index < -0.39 is 5.54 Å². The third-order valence-corrected chi connectivity index (χ3v) is 8.91. The van der Waals surface area contributed by atoms with E-state index in [2.05, 4.69) is 137 Å². The van der Waals surface area contributed by atoms with Gasteiger partial charge < -0.3 is 0 Å². The first-order valence-electron chi connectivity index (χ1n) is 16.3. The molecule has 0 unspecified atom stereocenters. The number of hydrogen-bond donors (Lipinski definition) is 0. The number of aromatic nitrogens is 8. The van der Waals surface area contributed by atoms with Gasteiger partial charge in [-0.15, -0.1) is 10.2 Å². The van der Waals surface area contributed by atoms with Crippen molar-refractivity contribution in [3.8, 4) is 22.5 Å². The Hall–Kier alpha value is -6.15. The molecular weight excluding hydrogens is 592 g/mol. The van der Waals surface area contributed by atoms with Gasteiger partial charge in [0, 0.05) is 24.2 Å². The summed E-state index contributed by atoms with van der Waals surface area (Å²) in [5.74, 6) is 1.56. The molecule has 0 aliphatic heterocycles. The molecule has 0 N–H and O–H groups in total. The van der Waals surface area contributed by atoms with E-state index in [1.165, 1.54) is 5.56 Å². The molecule has 5 aromatic carbocycles. The molecule has 0 saturated heterocycles. The van der Waals surface area contributed by atoms with Crippen LogP contribution < -0.4 is 0 Å². The molecule has 0 fully saturated rings. The van der Waals surface area contributed by atoms with Crippen LogP contribution in [-0.4, -0.2) is 39.6 Å². The summed E-state index contributed by atoms with van der Waals surface area (Å²) < 4.78 is 5.98. The van der Waals surface area contributed by atoms with Crippen LogP contribution in [0.4, 0.5) is 0 Å². The van der Waals surface area contributed by atoms with Crippen molar-refractivity contribution >= 4 is 5.65 Å². The third-order valence-electron chi connectivity index (χ3n) is 8.91. The van der Waals surface area contributed by atoms with Crippen LogP contribution in [0.3, 0.4) is 0 Å². The predicted molar refractivity (Wildman–Crippen MR) is 187 cm³/mol. The van der Waals surface area contributed by atoms with Gasteiger partial charge >= 0.3 is 0 Å². The van der Waals surface area contributed by atoms with Crippen molar-refractivity contribution < 1.29 is 0 Å². The fourth-order valence-corrected chi connectivity index (χ4v) is 6.71. The first-order chi connectivity index (χ1) is 23.8. The number of rotatable bonds is 10. The minimum absolute atomic E-state index is 0.676. The van der Waals surface area contributed by atoms with Crippen LogP contribution in [0, 0.1) is 0 Å². The standard InChI is InChI=1S/C40H34N8/c1-2-14-37-41-38-27-28-46(48(38)43-37)29-30-23-25-31(26-24-30)35-21-12-13-22-36(35)39-42-44-45-47(39)40(32-15-6-3-7-16-32,33-17-8-4-9-18-33)34-19-10-5-11-20-34/h3-13,15-28H,2,14,29H2,1H3. The van der Waals surface area contributed by atoms with Crippen LogP contribution in [0.5, 0.6) is 0 Å². The Morgan fingerprint density at radius 3 is 1.81 bits per heavy atom. The van der Waals surface area contributed by atoms with Crippen LogP contribution >= 0.6 is 0 Å². The Labute approximate surface area is 278 Å². The first kappa shape index (κ1) is 29.3. The van der Waals surface area contributed by atoms with E-state index in [1.807, 2.05) is 45.8 Å². The van der Waals surface area contributed by atoms with Gasteiger partial charge in [0.15, 0.2) is 17.3 Å². The van der Waals surface area contributed by atoms with Gasteiger partial charge in [0.05, 0.1) is 6.54 Å². The molecule has 3 heterocycles. The summed E-state index contributed by atoms with van der Waals surface area (Å²) in [5, 5.41) is 18.5. The van der Waals surface area contributed by atoms with E-state index in [-0.39, 0.29) is 0 Å². The summed E-state index contributed by atoms with van der Waals surface area (Å²) in [4.78, 5) is 4.65. The van der Waals surface area contributed by atoms with Crippen molar-refractivity contribution in [3.63, 3.8) is 0 Å². The lowest BCUT2D eigenvalue weighted by Crippen LogP contribution is -2.39. The number of fused-ring (bicyclic) bond motifs is 1. The Bertz CT molecular complexity index is 2170. The fourth-order valence-electron chi connectivity index (χ4n) is 6.71. The third kappa shape index (κ3) is 5.08. The number of benzene rings is 5. The van der Waals surface area contributed by atoms with Gasteiger partial charge in [-0.3, -0.25) is 4.68 Å². The van der Waals surface area contributed by atoms with Crippen LogP contribution in [-0.2, 0) is 18.5 Å². The molecule has 0 aliphatic rings. The minimum Gasteiger partial charge on any atom is -0.266 e. The summed E-state index contributed by atoms with van der Waals surface area (Å²) in [6, 6.07) is 50.5. The Balaban J connectivity index is 1.22. The summed E-state index contributed by atoms with van der Waals surface area (Å²) in [6.07, 6.45) is 3.93. The summed E-state index contributed by atoms with van der Waals surface area (Å²) in [6.45, 7) is 2.83. The zero-order valence-corrected chi connectivity index (χ0v) is 26.6. The lowest BCUT2D eigenvalue weighted by atomic mass is 9.77. The summed E-state index contributed by atoms with van der Waals surface area (Å²) in [5.41, 5.74) is 7.47. The van der Waals surface area contributed by atoms with Gasteiger partial charge in [-0.2, -0.15) is 4.63 Å². The molecule has 234 valence electrons. The normalized spacial score (nSPS) is 11.7. The number of nitrogens with zero attached hydrogens (tertiary/aromatic N) is 8. The number of tetrazole rings is 1. The smallest absolute Gasteiger partial charge is 0.184 e. The van der Waals surface area contributed by atoms with E-state index in [1.54, 1.807) is 0 Å². The predicted octanol–water partition coefficient (Wildman–Crippen LogP) is 7.69. The molecule has 0 bridgehead atoms. The van der Waals surface area contributed by atoms with E-state index >= 15 is 0 Å². The number of aryl methyl sites for hydroxylation is 1. The molecule has 8 heteroatoms. The Morgan fingerprint density at radius 1 is 0.625 bits per heavy atom. The maximum absolute atomic E-state index is 4.76. The first-order valence-corrected chi connectivity index (χ1v) is 16.3. The zero-order chi connectivity index (χ0) is 32.3. The van der Waals surface area contributed by atoms with Crippen LogP contribution in [0.15, 0.2) is 152 Å². The molecule has 3 aromatic heterocycles. The lowest BCUT2D eigenvalue weighted by Gasteiger charge is -2.36. The Kier molecular flexibility index (Phi) is 7.66. The van der Waals surface area contributed by atoms with Crippen molar-refractivity contribution in [1.82, 2.24) is 39.6 Å². The second kappa shape index (κ2) is 12.6. The van der Waals surface area contributed by atoms with Crippen LogP contribution in [0.1, 0.15) is 41.4 Å². The van der Waals surface area contributed by atoms with Gasteiger partial charge in [0.1, 0.15) is 5.54 Å². The van der Waals surface area contributed by atoms with Crippen molar-refractivity contribution in [3.05, 3.63) is 180 Å². The van der Waals surface area contributed by atoms with Gasteiger partial charge in [-0.25, -0.2) is 9.67 Å². The largest absolute Gasteiger partial charge is 0.266 e. The second-order valence-electron chi connectivity index (χ2n) is 11.9. The van der Waals surface area contributed by atoms with Crippen molar-refractivity contribution in [2.75, 3.05) is 0 Å². The monoisotopic (exact) mass is 626 g/mol. The van der Waals surface area contributed by atoms with E-state index in [9.17, 15) is 0 Å². The van der Waals surface area contributed by atoms with Crippen molar-refractivity contribution in [2.24, 2.45) is 0 Å². The topological polar surface area (TPSA) is 78.7 Å². The van der Waals surface area contributed by atoms with Gasteiger partial charge in [0.25, 0.3) is 0 Å². The molecule has 0 spiro atoms. The maximum atomic E-state index is 4.76. The molecule has 0 saturated carbocycles. The Morgan fingerprint density at radius 2 is 1.21 bits per heavy atom. The van der Waals surface area contributed by atoms with Crippen molar-refractivity contribution in [2.45, 2.75) is 31.8 Å². The van der Waals surface area contributed by atoms with Gasteiger partial charge in [-0.1, -0.05) is 146 Å². The molecule has 8 rings (SSSR count). The van der Waals surface area contributed by atoms with Gasteiger partial charge in [0.2, 0.25) is 0 Å². The average Bonchev–Trinajstić information content (AvgIpc) is 3.89. The summed E-state index contributed by atoms with van der Waals surface area (Å²) >= 11 is 0. The molecule has 8 aromatic rings. The second-order valence-corrected chi connectivity index (χ2v) is 11.9. The molecular formula is C40H34N8. The minimum atomic E-state index is -0.833. The van der Waals surface area contributed by atoms with Crippen LogP contribution in [0.2, 0.25) is 0 Å². The van der Waals surface area contributed by atoms with E-state index in [0.29, 0.717) is 12.4 Å². The molecule has 0 aliphatic carbocycles. The number of hydrogen-bond acceptors (Lipinski definition) is 5. The highest BCUT2D eigenvalue weighted by atomic mass is 15.6. The highest BCUT2D eigenvalue weighted by molar-refractivity contribution is 5.81. The lowest BCUT2D eigenvalue weighted by molar-refractivity contribution is 0.451. The van der Waals surface area contributed by atoms with Gasteiger partial charge in [-0.05, 0) is 50.2 Å². The SMILES string of the molecule is CCCc1nc2ccn(Cc3ccc(-c4ccccc4-c4nnnn4C(c4ccccc4)(c4ccccc4)c4ccccc4)cc3)n2n1. The van der Waals surface area contributed by atoms with Crippen molar-refractivity contribution in [1.29, 1.82) is 0 Å². The summed E-state index contributed by atoms with van der Waals surface area (Å²) in [7, 11) is 0. The van der Waals surface area contributed by atoms with Crippen LogP contribution in [0.25, 0.3) is 28.2 Å².